The van der Waals surface area contributed by atoms with Crippen LogP contribution in [0.4, 0.5) is 0 Å². The fourth-order valence-electron chi connectivity index (χ4n) is 2.26. The number of ether oxygens (including phenoxy) is 1. The molecule has 2 N–H and O–H groups in total. The average molecular weight is 316 g/mol. The lowest BCUT2D eigenvalue weighted by Crippen LogP contribution is -2.38. The smallest absolute Gasteiger partial charge is 0.254 e. The maximum Gasteiger partial charge on any atom is 0.254 e. The lowest BCUT2D eigenvalue weighted by atomic mass is 10.0. The van der Waals surface area contributed by atoms with Crippen LogP contribution in [0, 0.1) is 0 Å². The van der Waals surface area contributed by atoms with E-state index in [0.717, 1.165) is 11.3 Å². The van der Waals surface area contributed by atoms with E-state index in [9.17, 15) is 9.59 Å². The first kappa shape index (κ1) is 16.6. The lowest BCUT2D eigenvalue weighted by molar-refractivity contribution is -0.120. The molecule has 0 radical (unpaired) electrons. The van der Waals surface area contributed by atoms with Gasteiger partial charge in [-0.25, -0.2) is 0 Å². The zero-order valence-corrected chi connectivity index (χ0v) is 13.2. The van der Waals surface area contributed by atoms with Crippen LogP contribution in [0.25, 0.3) is 0 Å². The van der Waals surface area contributed by atoms with Gasteiger partial charge in [-0.15, -0.1) is 0 Å². The standard InChI is InChI=1S/C17H20N2O4/c1-3-14(13-6-4-5-7-15(13)22-2)19-16(20)10-18-17(21)12-8-9-23-11-12/h4-9,11,14H,3,10H2,1-2H3,(H,18,21)(H,19,20). The molecule has 2 aromatic rings. The van der Waals surface area contributed by atoms with Crippen molar-refractivity contribution in [1.29, 1.82) is 0 Å². The molecule has 1 atom stereocenters. The van der Waals surface area contributed by atoms with Crippen molar-refractivity contribution in [3.8, 4) is 5.75 Å². The molecule has 0 saturated heterocycles. The second-order valence-corrected chi connectivity index (χ2v) is 4.97. The Balaban J connectivity index is 1.93. The van der Waals surface area contributed by atoms with Gasteiger partial charge >= 0.3 is 0 Å². The molecule has 0 fully saturated rings. The summed E-state index contributed by atoms with van der Waals surface area (Å²) < 4.78 is 10.2. The van der Waals surface area contributed by atoms with Crippen LogP contribution in [0.2, 0.25) is 0 Å². The van der Waals surface area contributed by atoms with E-state index in [1.807, 2.05) is 31.2 Å². The molecule has 6 heteroatoms. The van der Waals surface area contributed by atoms with Gasteiger partial charge in [0.05, 0.1) is 31.5 Å². The predicted molar refractivity (Wildman–Crippen MR) is 85.2 cm³/mol. The van der Waals surface area contributed by atoms with E-state index < -0.39 is 0 Å². The van der Waals surface area contributed by atoms with Crippen molar-refractivity contribution in [1.82, 2.24) is 10.6 Å². The number of carbonyl (C=O) groups excluding carboxylic acids is 2. The topological polar surface area (TPSA) is 80.6 Å². The summed E-state index contributed by atoms with van der Waals surface area (Å²) in [6.07, 6.45) is 3.45. The molecule has 1 aromatic heterocycles. The number of rotatable bonds is 7. The van der Waals surface area contributed by atoms with Crippen LogP contribution in [-0.2, 0) is 4.79 Å². The van der Waals surface area contributed by atoms with Crippen molar-refractivity contribution < 1.29 is 18.7 Å². The van der Waals surface area contributed by atoms with Crippen molar-refractivity contribution in [3.05, 3.63) is 54.0 Å². The van der Waals surface area contributed by atoms with Gasteiger partial charge in [0.2, 0.25) is 5.91 Å². The molecule has 0 aliphatic heterocycles. The lowest BCUT2D eigenvalue weighted by Gasteiger charge is -2.20. The SMILES string of the molecule is CCC(NC(=O)CNC(=O)c1ccoc1)c1ccccc1OC. The second kappa shape index (κ2) is 8.03. The predicted octanol–water partition coefficient (Wildman–Crippen LogP) is 2.29. The summed E-state index contributed by atoms with van der Waals surface area (Å²) in [7, 11) is 1.60. The number of hydrogen-bond donors (Lipinski definition) is 2. The third-order valence-corrected chi connectivity index (χ3v) is 3.45. The van der Waals surface area contributed by atoms with Gasteiger partial charge in [0.15, 0.2) is 0 Å². The number of furan rings is 1. The number of hydrogen-bond acceptors (Lipinski definition) is 4. The Morgan fingerprint density at radius 1 is 1.26 bits per heavy atom. The summed E-state index contributed by atoms with van der Waals surface area (Å²) in [5, 5.41) is 5.45. The number of carbonyl (C=O) groups is 2. The van der Waals surface area contributed by atoms with Gasteiger partial charge in [0.1, 0.15) is 12.0 Å². The highest BCUT2D eigenvalue weighted by Crippen LogP contribution is 2.26. The van der Waals surface area contributed by atoms with Gasteiger partial charge in [0.25, 0.3) is 5.91 Å². The molecule has 0 saturated carbocycles. The molecule has 0 aliphatic rings. The monoisotopic (exact) mass is 316 g/mol. The van der Waals surface area contributed by atoms with Gasteiger partial charge in [-0.1, -0.05) is 25.1 Å². The fraction of sp³-hybridized carbons (Fsp3) is 0.294. The Kier molecular flexibility index (Phi) is 5.80. The van der Waals surface area contributed by atoms with Crippen molar-refractivity contribution in [2.24, 2.45) is 0 Å². The number of amides is 2. The van der Waals surface area contributed by atoms with Crippen molar-refractivity contribution in [2.45, 2.75) is 19.4 Å². The van der Waals surface area contributed by atoms with Crippen LogP contribution in [0.5, 0.6) is 5.75 Å². The molecular weight excluding hydrogens is 296 g/mol. The molecule has 0 spiro atoms. The highest BCUT2D eigenvalue weighted by Gasteiger charge is 2.17. The van der Waals surface area contributed by atoms with Gasteiger partial charge in [0, 0.05) is 5.56 Å². The Labute approximate surface area is 134 Å². The molecule has 0 bridgehead atoms. The highest BCUT2D eigenvalue weighted by molar-refractivity contribution is 5.96. The molecule has 2 rings (SSSR count). The number of methoxy groups -OCH3 is 1. The first-order chi connectivity index (χ1) is 11.2. The van der Waals surface area contributed by atoms with Crippen LogP contribution >= 0.6 is 0 Å². The van der Waals surface area contributed by atoms with E-state index in [0.29, 0.717) is 12.0 Å². The van der Waals surface area contributed by atoms with E-state index in [2.05, 4.69) is 10.6 Å². The summed E-state index contributed by atoms with van der Waals surface area (Å²) in [6.45, 7) is 1.87. The summed E-state index contributed by atoms with van der Waals surface area (Å²) in [6, 6.07) is 8.90. The van der Waals surface area contributed by atoms with Crippen LogP contribution in [0.15, 0.2) is 47.3 Å². The van der Waals surface area contributed by atoms with E-state index in [1.54, 1.807) is 7.11 Å². The minimum Gasteiger partial charge on any atom is -0.496 e. The quantitative estimate of drug-likeness (QED) is 0.821. The zero-order valence-electron chi connectivity index (χ0n) is 13.2. The summed E-state index contributed by atoms with van der Waals surface area (Å²) in [4.78, 5) is 23.8. The summed E-state index contributed by atoms with van der Waals surface area (Å²) in [5.74, 6) is 0.112. The van der Waals surface area contributed by atoms with Gasteiger partial charge in [-0.05, 0) is 18.6 Å². The normalized spacial score (nSPS) is 11.6. The van der Waals surface area contributed by atoms with E-state index in [1.165, 1.54) is 18.6 Å². The summed E-state index contributed by atoms with van der Waals surface area (Å²) >= 11 is 0. The molecule has 122 valence electrons. The molecule has 1 heterocycles. The van der Waals surface area contributed by atoms with E-state index in [4.69, 9.17) is 9.15 Å². The molecule has 0 aliphatic carbocycles. The molecule has 2 amide bonds. The van der Waals surface area contributed by atoms with Crippen LogP contribution in [0.1, 0.15) is 35.3 Å². The maximum atomic E-state index is 12.1. The zero-order chi connectivity index (χ0) is 16.7. The third-order valence-electron chi connectivity index (χ3n) is 3.45. The van der Waals surface area contributed by atoms with Crippen molar-refractivity contribution in [3.63, 3.8) is 0 Å². The van der Waals surface area contributed by atoms with Crippen molar-refractivity contribution in [2.75, 3.05) is 13.7 Å². The van der Waals surface area contributed by atoms with Crippen LogP contribution < -0.4 is 15.4 Å². The minimum absolute atomic E-state index is 0.102. The van der Waals surface area contributed by atoms with Gasteiger partial charge in [-0.3, -0.25) is 9.59 Å². The fourth-order valence-corrected chi connectivity index (χ4v) is 2.26. The number of nitrogens with one attached hydrogen (secondary N) is 2. The first-order valence-corrected chi connectivity index (χ1v) is 7.38. The Hall–Kier alpha value is -2.76. The Morgan fingerprint density at radius 2 is 2.04 bits per heavy atom. The van der Waals surface area contributed by atoms with E-state index in [-0.39, 0.29) is 24.4 Å². The second-order valence-electron chi connectivity index (χ2n) is 4.97. The third kappa shape index (κ3) is 4.35. The molecule has 1 aromatic carbocycles. The molecule has 6 nitrogen and oxygen atoms in total. The minimum atomic E-state index is -0.348. The van der Waals surface area contributed by atoms with E-state index >= 15 is 0 Å². The highest BCUT2D eigenvalue weighted by atomic mass is 16.5. The Bertz CT molecular complexity index is 652. The van der Waals surface area contributed by atoms with Gasteiger partial charge < -0.3 is 19.8 Å². The molecule has 1 unspecified atom stereocenters. The van der Waals surface area contributed by atoms with Crippen LogP contribution in [-0.4, -0.2) is 25.5 Å². The number of benzene rings is 1. The van der Waals surface area contributed by atoms with Gasteiger partial charge in [-0.2, -0.15) is 0 Å². The molecular formula is C17H20N2O4. The average Bonchev–Trinajstić information content (AvgIpc) is 3.12. The Morgan fingerprint density at radius 3 is 2.70 bits per heavy atom. The largest absolute Gasteiger partial charge is 0.496 e. The summed E-state index contributed by atoms with van der Waals surface area (Å²) in [5.41, 5.74) is 1.29. The maximum absolute atomic E-state index is 12.1. The number of para-hydroxylation sites is 1. The van der Waals surface area contributed by atoms with Crippen molar-refractivity contribution >= 4 is 11.8 Å². The molecule has 23 heavy (non-hydrogen) atoms. The van der Waals surface area contributed by atoms with Crippen LogP contribution in [0.3, 0.4) is 0 Å². The first-order valence-electron chi connectivity index (χ1n) is 7.38.